The molecule has 2 aliphatic rings. The molecule has 134 valence electrons. The molecule has 0 aliphatic carbocycles. The van der Waals surface area contributed by atoms with Crippen LogP contribution >= 0.6 is 11.6 Å². The van der Waals surface area contributed by atoms with Crippen LogP contribution in [-0.2, 0) is 4.74 Å². The maximum absolute atomic E-state index is 12.6. The summed E-state index contributed by atoms with van der Waals surface area (Å²) >= 11 is 5.93. The number of urea groups is 1. The van der Waals surface area contributed by atoms with Crippen molar-refractivity contribution < 1.29 is 14.3 Å². The SMILES string of the molecule is O=C1OCCN1c1cccc(NC(=O)N2CC[C@@H]2c2ccc(Cl)cc2)c1. The fraction of sp³-hybridized carbons (Fsp3) is 0.263. The van der Waals surface area contributed by atoms with Crippen molar-refractivity contribution in [3.8, 4) is 0 Å². The molecule has 2 fully saturated rings. The van der Waals surface area contributed by atoms with Gasteiger partial charge in [0.1, 0.15) is 6.61 Å². The largest absolute Gasteiger partial charge is 0.447 e. The molecule has 7 heteroatoms. The molecule has 3 amide bonds. The van der Waals surface area contributed by atoms with E-state index >= 15 is 0 Å². The van der Waals surface area contributed by atoms with Crippen LogP contribution in [0.3, 0.4) is 0 Å². The van der Waals surface area contributed by atoms with E-state index in [1.54, 1.807) is 21.9 Å². The zero-order valence-electron chi connectivity index (χ0n) is 14.0. The van der Waals surface area contributed by atoms with Crippen LogP contribution in [0.1, 0.15) is 18.0 Å². The van der Waals surface area contributed by atoms with Gasteiger partial charge in [0, 0.05) is 22.9 Å². The number of likely N-dealkylation sites (tertiary alicyclic amines) is 1. The number of amides is 3. The quantitative estimate of drug-likeness (QED) is 0.876. The summed E-state index contributed by atoms with van der Waals surface area (Å²) in [4.78, 5) is 27.7. The molecule has 1 atom stereocenters. The number of rotatable bonds is 3. The van der Waals surface area contributed by atoms with E-state index in [2.05, 4.69) is 5.32 Å². The minimum Gasteiger partial charge on any atom is -0.447 e. The standard InChI is InChI=1S/C19H18ClN3O3/c20-14-6-4-13(5-7-14)17-8-9-23(17)18(24)21-15-2-1-3-16(12-15)22-10-11-26-19(22)25/h1-7,12,17H,8-11H2,(H,21,24)/t17-/m1/s1. The van der Waals surface area contributed by atoms with Crippen molar-refractivity contribution in [1.82, 2.24) is 4.90 Å². The minimum absolute atomic E-state index is 0.0593. The summed E-state index contributed by atoms with van der Waals surface area (Å²) in [5.74, 6) is 0. The Balaban J connectivity index is 1.45. The Kier molecular flexibility index (Phi) is 4.42. The van der Waals surface area contributed by atoms with Crippen LogP contribution in [-0.4, -0.2) is 36.7 Å². The first-order chi connectivity index (χ1) is 12.6. The number of carbonyl (C=O) groups is 2. The average Bonchev–Trinajstić information content (AvgIpc) is 3.02. The van der Waals surface area contributed by atoms with Crippen LogP contribution < -0.4 is 10.2 Å². The molecular weight excluding hydrogens is 354 g/mol. The summed E-state index contributed by atoms with van der Waals surface area (Å²) in [5.41, 5.74) is 2.43. The average molecular weight is 372 g/mol. The number of hydrogen-bond acceptors (Lipinski definition) is 3. The van der Waals surface area contributed by atoms with Crippen molar-refractivity contribution in [2.24, 2.45) is 0 Å². The zero-order chi connectivity index (χ0) is 18.1. The monoisotopic (exact) mass is 371 g/mol. The Morgan fingerprint density at radius 1 is 1.15 bits per heavy atom. The lowest BCUT2D eigenvalue weighted by atomic mass is 9.95. The molecule has 0 unspecified atom stereocenters. The molecule has 0 spiro atoms. The predicted molar refractivity (Wildman–Crippen MR) is 99.7 cm³/mol. The van der Waals surface area contributed by atoms with Gasteiger partial charge in [0.15, 0.2) is 0 Å². The van der Waals surface area contributed by atoms with Gasteiger partial charge in [0.2, 0.25) is 0 Å². The molecule has 6 nitrogen and oxygen atoms in total. The summed E-state index contributed by atoms with van der Waals surface area (Å²) in [6, 6.07) is 14.7. The highest BCUT2D eigenvalue weighted by atomic mass is 35.5. The fourth-order valence-electron chi connectivity index (χ4n) is 3.24. The van der Waals surface area contributed by atoms with Gasteiger partial charge in [-0.3, -0.25) is 4.90 Å². The molecule has 0 radical (unpaired) electrons. The molecule has 2 aliphatic heterocycles. The number of ether oxygens (including phenoxy) is 1. The number of anilines is 2. The molecule has 2 aromatic carbocycles. The van der Waals surface area contributed by atoms with Gasteiger partial charge in [-0.1, -0.05) is 29.8 Å². The summed E-state index contributed by atoms with van der Waals surface area (Å²) < 4.78 is 4.96. The summed E-state index contributed by atoms with van der Waals surface area (Å²) in [5, 5.41) is 3.60. The first kappa shape index (κ1) is 16.7. The molecule has 2 aromatic rings. The highest BCUT2D eigenvalue weighted by Crippen LogP contribution is 2.34. The topological polar surface area (TPSA) is 61.9 Å². The van der Waals surface area contributed by atoms with Gasteiger partial charge >= 0.3 is 12.1 Å². The van der Waals surface area contributed by atoms with E-state index in [4.69, 9.17) is 16.3 Å². The normalized spacial score (nSPS) is 19.1. The maximum atomic E-state index is 12.6. The molecular formula is C19H18ClN3O3. The Bertz CT molecular complexity index is 840. The first-order valence-corrected chi connectivity index (χ1v) is 8.87. The number of benzene rings is 2. The van der Waals surface area contributed by atoms with Gasteiger partial charge < -0.3 is 15.0 Å². The van der Waals surface area contributed by atoms with Crippen molar-refractivity contribution in [2.45, 2.75) is 12.5 Å². The predicted octanol–water partition coefficient (Wildman–Crippen LogP) is 4.28. The molecule has 2 heterocycles. The van der Waals surface area contributed by atoms with Crippen LogP contribution in [0.4, 0.5) is 21.0 Å². The van der Waals surface area contributed by atoms with E-state index in [1.165, 1.54) is 0 Å². The number of halogens is 1. The highest BCUT2D eigenvalue weighted by molar-refractivity contribution is 6.30. The van der Waals surface area contributed by atoms with Gasteiger partial charge in [-0.2, -0.15) is 0 Å². The third-order valence-corrected chi connectivity index (χ3v) is 4.96. The first-order valence-electron chi connectivity index (χ1n) is 8.49. The van der Waals surface area contributed by atoms with E-state index in [-0.39, 0.29) is 18.2 Å². The van der Waals surface area contributed by atoms with Gasteiger partial charge in [0.05, 0.1) is 12.6 Å². The van der Waals surface area contributed by atoms with E-state index in [0.717, 1.165) is 12.0 Å². The Morgan fingerprint density at radius 3 is 2.62 bits per heavy atom. The second-order valence-electron chi connectivity index (χ2n) is 6.30. The Hall–Kier alpha value is -2.73. The molecule has 26 heavy (non-hydrogen) atoms. The molecule has 0 bridgehead atoms. The Labute approximate surface area is 156 Å². The number of nitrogens with zero attached hydrogens (tertiary/aromatic N) is 2. The lowest BCUT2D eigenvalue weighted by molar-refractivity contribution is 0.126. The van der Waals surface area contributed by atoms with Crippen molar-refractivity contribution in [3.63, 3.8) is 0 Å². The summed E-state index contributed by atoms with van der Waals surface area (Å²) in [6.45, 7) is 1.60. The van der Waals surface area contributed by atoms with Crippen LogP contribution in [0.5, 0.6) is 0 Å². The number of nitrogens with one attached hydrogen (secondary N) is 1. The molecule has 0 saturated carbocycles. The number of carbonyl (C=O) groups excluding carboxylic acids is 2. The molecule has 4 rings (SSSR count). The smallest absolute Gasteiger partial charge is 0.414 e. The van der Waals surface area contributed by atoms with Crippen molar-refractivity contribution in [3.05, 3.63) is 59.1 Å². The van der Waals surface area contributed by atoms with Crippen molar-refractivity contribution in [1.29, 1.82) is 0 Å². The number of hydrogen-bond donors (Lipinski definition) is 1. The lowest BCUT2D eigenvalue weighted by Gasteiger charge is -2.41. The lowest BCUT2D eigenvalue weighted by Crippen LogP contribution is -2.47. The van der Waals surface area contributed by atoms with Gasteiger partial charge in [-0.05, 0) is 42.3 Å². The van der Waals surface area contributed by atoms with Gasteiger partial charge in [-0.15, -0.1) is 0 Å². The fourth-order valence-corrected chi connectivity index (χ4v) is 3.36. The Morgan fingerprint density at radius 2 is 1.96 bits per heavy atom. The van der Waals surface area contributed by atoms with Gasteiger partial charge in [0.25, 0.3) is 0 Å². The van der Waals surface area contributed by atoms with Crippen molar-refractivity contribution >= 4 is 35.1 Å². The molecule has 0 aromatic heterocycles. The summed E-state index contributed by atoms with van der Waals surface area (Å²) in [7, 11) is 0. The number of cyclic esters (lactones) is 1. The van der Waals surface area contributed by atoms with E-state index < -0.39 is 0 Å². The third-order valence-electron chi connectivity index (χ3n) is 4.71. The van der Waals surface area contributed by atoms with Crippen LogP contribution in [0.25, 0.3) is 0 Å². The van der Waals surface area contributed by atoms with Crippen LogP contribution in [0, 0.1) is 0 Å². The maximum Gasteiger partial charge on any atom is 0.414 e. The van der Waals surface area contributed by atoms with E-state index in [1.807, 2.05) is 36.4 Å². The van der Waals surface area contributed by atoms with Crippen LogP contribution in [0.15, 0.2) is 48.5 Å². The summed E-state index contributed by atoms with van der Waals surface area (Å²) in [6.07, 6.45) is 0.563. The van der Waals surface area contributed by atoms with E-state index in [0.29, 0.717) is 36.1 Å². The van der Waals surface area contributed by atoms with Crippen LogP contribution in [0.2, 0.25) is 5.02 Å². The van der Waals surface area contributed by atoms with Crippen molar-refractivity contribution in [2.75, 3.05) is 29.9 Å². The molecule has 2 saturated heterocycles. The highest BCUT2D eigenvalue weighted by Gasteiger charge is 2.33. The third kappa shape index (κ3) is 3.20. The molecule has 1 N–H and O–H groups in total. The second-order valence-corrected chi connectivity index (χ2v) is 6.73. The van der Waals surface area contributed by atoms with Gasteiger partial charge in [-0.25, -0.2) is 9.59 Å². The van der Waals surface area contributed by atoms with E-state index in [9.17, 15) is 9.59 Å². The second kappa shape index (κ2) is 6.88. The zero-order valence-corrected chi connectivity index (χ0v) is 14.8. The minimum atomic E-state index is -0.362.